The van der Waals surface area contributed by atoms with Gasteiger partial charge in [0.05, 0.1) is 24.9 Å². The Balaban J connectivity index is 1.40. The molecular weight excluding hydrogens is 620 g/mol. The fraction of sp³-hybridized carbons (Fsp3) is 0.324. The molecule has 0 spiro atoms. The van der Waals surface area contributed by atoms with E-state index in [1.165, 1.54) is 4.90 Å². The summed E-state index contributed by atoms with van der Waals surface area (Å²) in [5.74, 6) is 0.452. The van der Waals surface area contributed by atoms with Crippen molar-refractivity contribution in [2.75, 3.05) is 38.2 Å². The second-order valence-electron chi connectivity index (χ2n) is 12.1. The molecule has 2 amide bonds. The van der Waals surface area contributed by atoms with E-state index >= 15 is 0 Å². The molecule has 240 valence electrons. The Morgan fingerprint density at radius 1 is 1.02 bits per heavy atom. The highest BCUT2D eigenvalue weighted by Gasteiger charge is 2.34. The summed E-state index contributed by atoms with van der Waals surface area (Å²) in [7, 11) is -1.000. The van der Waals surface area contributed by atoms with Gasteiger partial charge in [0.25, 0.3) is 5.91 Å². The summed E-state index contributed by atoms with van der Waals surface area (Å²) >= 11 is 6.19. The number of benzene rings is 3. The van der Waals surface area contributed by atoms with Crippen molar-refractivity contribution in [3.63, 3.8) is 0 Å². The van der Waals surface area contributed by atoms with Crippen LogP contribution in [0, 0.1) is 10.8 Å². The zero-order valence-corrected chi connectivity index (χ0v) is 28.3. The molecule has 1 fully saturated rings. The van der Waals surface area contributed by atoms with Gasteiger partial charge in [-0.1, -0.05) is 35.9 Å². The van der Waals surface area contributed by atoms with Crippen LogP contribution in [-0.4, -0.2) is 91.4 Å². The van der Waals surface area contributed by atoms with Crippen LogP contribution in [0.4, 0.5) is 5.69 Å². The highest BCUT2D eigenvalue weighted by molar-refractivity contribution is 6.83. The zero-order chi connectivity index (χ0) is 33.2. The van der Waals surface area contributed by atoms with Crippen molar-refractivity contribution in [3.05, 3.63) is 88.4 Å². The molecule has 2 heterocycles. The molecule has 3 aromatic rings. The molecule has 0 saturated carbocycles. The van der Waals surface area contributed by atoms with Crippen LogP contribution in [-0.2, 0) is 4.79 Å². The molecule has 0 aromatic heterocycles. The quantitative estimate of drug-likeness (QED) is 0.204. The maximum absolute atomic E-state index is 13.8. The van der Waals surface area contributed by atoms with Gasteiger partial charge in [0.2, 0.25) is 14.2 Å². The Morgan fingerprint density at radius 3 is 2.39 bits per heavy atom. The number of anilines is 1. The van der Waals surface area contributed by atoms with E-state index in [9.17, 15) is 19.8 Å². The number of hydrogen-bond acceptors (Lipinski definition) is 7. The number of fused-ring (bicyclic) bond motifs is 1. The Labute approximate surface area is 275 Å². The van der Waals surface area contributed by atoms with E-state index in [2.05, 4.69) is 0 Å². The summed E-state index contributed by atoms with van der Waals surface area (Å²) in [6, 6.07) is 19.0. The lowest BCUT2D eigenvalue weighted by molar-refractivity contribution is -0.131. The van der Waals surface area contributed by atoms with E-state index in [1.807, 2.05) is 37.4 Å². The summed E-state index contributed by atoms with van der Waals surface area (Å²) in [4.78, 5) is 47.8. The predicted octanol–water partition coefficient (Wildman–Crippen LogP) is 4.52. The lowest BCUT2D eigenvalue weighted by Crippen LogP contribution is -2.44. The highest BCUT2D eigenvalue weighted by Crippen LogP contribution is 2.33. The van der Waals surface area contributed by atoms with Gasteiger partial charge in [-0.3, -0.25) is 30.3 Å². The molecule has 1 unspecified atom stereocenters. The monoisotopic (exact) mass is 658 g/mol. The molecule has 0 aliphatic carbocycles. The van der Waals surface area contributed by atoms with Gasteiger partial charge < -0.3 is 19.3 Å². The van der Waals surface area contributed by atoms with Crippen molar-refractivity contribution in [1.29, 1.82) is 10.8 Å². The second-order valence-corrected chi connectivity index (χ2v) is 16.2. The first-order valence-corrected chi connectivity index (χ1v) is 18.6. The molecule has 3 N–H and O–H groups in total. The molecule has 0 radical (unpaired) electrons. The number of hydrogen-bond donors (Lipinski definition) is 3. The summed E-state index contributed by atoms with van der Waals surface area (Å²) in [6.07, 6.45) is 0.535. The minimum Gasteiger partial charge on any atom is -0.497 e. The van der Waals surface area contributed by atoms with Gasteiger partial charge in [0.1, 0.15) is 23.5 Å². The maximum atomic E-state index is 13.8. The lowest BCUT2D eigenvalue weighted by atomic mass is 9.99. The van der Waals surface area contributed by atoms with Crippen LogP contribution in [0.1, 0.15) is 41.3 Å². The first-order chi connectivity index (χ1) is 21.9. The van der Waals surface area contributed by atoms with Gasteiger partial charge in [0.15, 0.2) is 0 Å². The molecule has 1 saturated heterocycles. The molecule has 46 heavy (non-hydrogen) atoms. The number of nitrogens with zero attached hydrogens (tertiary/aromatic N) is 4. The number of amidine groups is 2. The Kier molecular flexibility index (Phi) is 9.76. The fourth-order valence-corrected chi connectivity index (χ4v) is 6.95. The van der Waals surface area contributed by atoms with Gasteiger partial charge in [-0.05, 0) is 74.1 Å². The molecule has 0 bridgehead atoms. The largest absolute Gasteiger partial charge is 0.497 e. The molecule has 10 nitrogen and oxygen atoms in total. The van der Waals surface area contributed by atoms with Crippen molar-refractivity contribution < 1.29 is 19.1 Å². The summed E-state index contributed by atoms with van der Waals surface area (Å²) in [5.41, 5.74) is 3.13. The van der Waals surface area contributed by atoms with E-state index in [1.54, 1.807) is 66.3 Å². The third kappa shape index (κ3) is 7.06. The number of nitrogens with one attached hydrogen (secondary N) is 2. The van der Waals surface area contributed by atoms with Crippen molar-refractivity contribution in [1.82, 2.24) is 9.80 Å². The summed E-state index contributed by atoms with van der Waals surface area (Å²) in [5, 5.41) is 19.1. The summed E-state index contributed by atoms with van der Waals surface area (Å²) < 4.78 is 5.50. The molecule has 12 heteroatoms. The Bertz CT molecular complexity index is 1700. The smallest absolute Gasteiger partial charge is 0.253 e. The number of halogens is 1. The standard InChI is InChI=1S/C34H39ClN6O4Si/c1-22(36)41-30-14-13-26(45-2)20-28(30)32(23-9-11-25(35)12-10-23)38-29(33(41)37)21-31(42)39-15-6-16-40(18-17-39)34(43)24-7-5-8-27(19-24)46(3,4)44/h5,7-14,19-20,29,36-37,44H,6,15-18,21H2,1-4H3. The molecule has 5 rings (SSSR count). The highest BCUT2D eigenvalue weighted by atomic mass is 35.5. The first-order valence-electron chi connectivity index (χ1n) is 15.2. The first kappa shape index (κ1) is 33.1. The Hall–Kier alpha value is -4.32. The van der Waals surface area contributed by atoms with Gasteiger partial charge >= 0.3 is 0 Å². The van der Waals surface area contributed by atoms with Crippen molar-refractivity contribution >= 4 is 60.0 Å². The zero-order valence-electron chi connectivity index (χ0n) is 26.5. The second kappa shape index (κ2) is 13.6. The van der Waals surface area contributed by atoms with E-state index in [0.29, 0.717) is 65.9 Å². The number of amides is 2. The average Bonchev–Trinajstić information content (AvgIpc) is 3.35. The van der Waals surface area contributed by atoms with Crippen molar-refractivity contribution in [2.24, 2.45) is 4.99 Å². The van der Waals surface area contributed by atoms with Crippen LogP contribution in [0.3, 0.4) is 0 Å². The Morgan fingerprint density at radius 2 is 1.72 bits per heavy atom. The maximum Gasteiger partial charge on any atom is 0.253 e. The number of carbonyl (C=O) groups excluding carboxylic acids is 2. The van der Waals surface area contributed by atoms with Crippen LogP contribution in [0.5, 0.6) is 5.75 Å². The number of aliphatic imine (C=N–C) groups is 1. The van der Waals surface area contributed by atoms with Gasteiger partial charge in [-0.15, -0.1) is 0 Å². The lowest BCUT2D eigenvalue weighted by Gasteiger charge is -2.28. The van der Waals surface area contributed by atoms with Crippen LogP contribution in [0.15, 0.2) is 71.7 Å². The number of ether oxygens (including phenoxy) is 1. The minimum absolute atomic E-state index is 0.0260. The van der Waals surface area contributed by atoms with Crippen molar-refractivity contribution in [3.8, 4) is 5.75 Å². The van der Waals surface area contributed by atoms with E-state index in [-0.39, 0.29) is 29.9 Å². The van der Waals surface area contributed by atoms with Crippen molar-refractivity contribution in [2.45, 2.75) is 38.9 Å². The normalized spacial score (nSPS) is 17.1. The third-order valence-electron chi connectivity index (χ3n) is 8.31. The number of methoxy groups -OCH3 is 1. The number of rotatable bonds is 6. The molecule has 2 aliphatic heterocycles. The van der Waals surface area contributed by atoms with E-state index in [0.717, 1.165) is 10.8 Å². The predicted molar refractivity (Wildman–Crippen MR) is 185 cm³/mol. The van der Waals surface area contributed by atoms with Crippen LogP contribution in [0.2, 0.25) is 18.1 Å². The topological polar surface area (TPSA) is 133 Å². The average molecular weight is 659 g/mol. The van der Waals surface area contributed by atoms with E-state index in [4.69, 9.17) is 26.7 Å². The van der Waals surface area contributed by atoms with E-state index < -0.39 is 14.4 Å². The minimum atomic E-state index is -2.57. The van der Waals surface area contributed by atoms with Gasteiger partial charge in [0, 0.05) is 47.9 Å². The van der Waals surface area contributed by atoms with Crippen LogP contribution < -0.4 is 14.8 Å². The molecular formula is C34H39ClN6O4Si. The fourth-order valence-electron chi connectivity index (χ4n) is 5.81. The number of carbonyl (C=O) groups is 2. The van der Waals surface area contributed by atoms with Gasteiger partial charge in [-0.25, -0.2) is 0 Å². The number of benzodiazepines with no additional fused rings is 1. The molecule has 3 aromatic carbocycles. The van der Waals surface area contributed by atoms with Gasteiger partial charge in [-0.2, -0.15) is 0 Å². The SMILES string of the molecule is COc1ccc2c(c1)C(c1ccc(Cl)cc1)=NC(CC(=O)N1CCCN(C(=O)c3cccc([Si](C)(C)O)c3)CC1)C(=N)N2C(C)=N. The summed E-state index contributed by atoms with van der Waals surface area (Å²) in [6.45, 7) is 6.94. The molecule has 1 atom stereocenters. The van der Waals surface area contributed by atoms with Crippen LogP contribution in [0.25, 0.3) is 0 Å². The third-order valence-corrected chi connectivity index (χ3v) is 10.3. The molecule has 2 aliphatic rings. The van der Waals surface area contributed by atoms with Crippen LogP contribution >= 0.6 is 11.6 Å².